The zero-order chi connectivity index (χ0) is 52.2. The van der Waals surface area contributed by atoms with Crippen LogP contribution in [0.25, 0.3) is 0 Å². The lowest BCUT2D eigenvalue weighted by Gasteiger charge is -2.21. The lowest BCUT2D eigenvalue weighted by Crippen LogP contribution is -2.44. The summed E-state index contributed by atoms with van der Waals surface area (Å²) < 4.78 is 16.3. The number of hydrogen-bond acceptors (Lipinski definition) is 14. The van der Waals surface area contributed by atoms with Crippen LogP contribution in [0.2, 0.25) is 0 Å². The third kappa shape index (κ3) is 15.4. The maximum Gasteiger partial charge on any atom is 0.255 e. The first-order valence-electron chi connectivity index (χ1n) is 24.3. The summed E-state index contributed by atoms with van der Waals surface area (Å²) in [5.74, 6) is -3.16. The highest BCUT2D eigenvalue weighted by Gasteiger charge is 2.31. The van der Waals surface area contributed by atoms with Crippen molar-refractivity contribution in [3.63, 3.8) is 0 Å². The Balaban J connectivity index is 1.32. The van der Waals surface area contributed by atoms with Crippen molar-refractivity contribution in [3.05, 3.63) is 118 Å². The molecule has 4 aromatic carbocycles. The second kappa shape index (κ2) is 27.9. The molecule has 0 aliphatic carbocycles. The number of ether oxygens (including phenoxy) is 3. The fourth-order valence-corrected chi connectivity index (χ4v) is 8.58. The fraction of sp³-hybridized carbons (Fsp3) is 0.407. The Morgan fingerprint density at radius 1 is 0.528 bits per heavy atom. The number of primary amides is 1. The lowest BCUT2D eigenvalue weighted by molar-refractivity contribution is -0.127. The first-order valence-corrected chi connectivity index (χ1v) is 24.3. The number of rotatable bonds is 31. The van der Waals surface area contributed by atoms with E-state index >= 15 is 0 Å². The molecule has 4 aromatic rings. The number of hydrogen-bond donors (Lipinski definition) is 7. The zero-order valence-corrected chi connectivity index (χ0v) is 41.3. The van der Waals surface area contributed by atoms with E-state index in [0.717, 1.165) is 5.56 Å². The van der Waals surface area contributed by atoms with Gasteiger partial charge >= 0.3 is 0 Å². The molecule has 0 radical (unpaired) electrons. The Hall–Kier alpha value is -7.28. The van der Waals surface area contributed by atoms with Crippen LogP contribution in [-0.4, -0.2) is 106 Å². The van der Waals surface area contributed by atoms with Gasteiger partial charge in [-0.3, -0.25) is 38.6 Å². The molecule has 11 N–H and O–H groups in total. The van der Waals surface area contributed by atoms with Crippen molar-refractivity contribution in [2.24, 2.45) is 27.9 Å². The van der Waals surface area contributed by atoms with Crippen molar-refractivity contribution in [2.45, 2.75) is 101 Å². The molecule has 0 saturated heterocycles. The van der Waals surface area contributed by atoms with Crippen LogP contribution in [0.1, 0.15) is 117 Å². The largest absolute Gasteiger partial charge is 0.496 e. The summed E-state index contributed by atoms with van der Waals surface area (Å²) in [5, 5.41) is 8.69. The van der Waals surface area contributed by atoms with Crippen LogP contribution in [0.5, 0.6) is 17.2 Å². The number of amides is 4. The summed E-state index contributed by atoms with van der Waals surface area (Å²) >= 11 is 0. The lowest BCUT2D eigenvalue weighted by atomic mass is 9.95. The standard InChI is InChI=1S/C54H68N8O10/c1-70-48-20-17-33(26-37(48)51(58)66)29-45(63)42(14-6-9-23-55)60-52(67)38-27-34(18-21-49(38)71-2)30-46(64)43(15-7-10-24-56)61-53(68)39-28-35(19-22-50(39)72-3)31-47(65)44(16-8-11-25-57)62-54(69)40-32-59-41-13-5-4-12-36(40)41/h4-5,12-13,17-22,26-28,32,40,42-44H,6-11,14-16,23-25,29-31,55-57H2,1-3H3,(H2,58,66)(H,60,67)(H,61,68)(H,62,69)/t40?,42-,43-,44-/m0/s1. The first kappa shape index (κ1) is 55.6. The molecular weight excluding hydrogens is 921 g/mol. The SMILES string of the molecule is COc1ccc(CC(=O)[C@H](CCCCN)NC(=O)c2cc(CC(=O)[C@H](CCCCN)NC(=O)c3cc(CC(=O)[C@H](CCCCN)NC(=O)C4C=Nc5ccccc54)ccc3OC)ccc2OC)cc1C(N)=O. The number of carbonyl (C=O) groups is 7. The number of unbranched alkanes of at least 4 members (excludes halogenated alkanes) is 3. The van der Waals surface area contributed by atoms with Gasteiger partial charge in [-0.1, -0.05) is 36.4 Å². The van der Waals surface area contributed by atoms with Gasteiger partial charge in [0, 0.05) is 25.5 Å². The quantitative estimate of drug-likeness (QED) is 0.0350. The minimum absolute atomic E-state index is 0.0820. The van der Waals surface area contributed by atoms with Crippen molar-refractivity contribution < 1.29 is 47.8 Å². The van der Waals surface area contributed by atoms with Gasteiger partial charge in [-0.05, 0) is 142 Å². The fourth-order valence-electron chi connectivity index (χ4n) is 8.58. The maximum atomic E-state index is 14.2. The zero-order valence-electron chi connectivity index (χ0n) is 41.3. The number of fused-ring (bicyclic) bond motifs is 1. The predicted octanol–water partition coefficient (Wildman–Crippen LogP) is 4.11. The number of nitrogens with two attached hydrogens (primary N) is 4. The molecule has 0 aromatic heterocycles. The summed E-state index contributed by atoms with van der Waals surface area (Å²) in [4.78, 5) is 100. The number of para-hydroxylation sites is 1. The van der Waals surface area contributed by atoms with E-state index in [0.29, 0.717) is 87.0 Å². The highest BCUT2D eigenvalue weighted by Crippen LogP contribution is 2.32. The topological polar surface area (TPSA) is 300 Å². The number of ketones is 3. The van der Waals surface area contributed by atoms with Gasteiger partial charge in [-0.2, -0.15) is 0 Å². The molecule has 18 nitrogen and oxygen atoms in total. The van der Waals surface area contributed by atoms with Crippen LogP contribution in [0, 0.1) is 0 Å². The average Bonchev–Trinajstić information content (AvgIpc) is 3.82. The number of methoxy groups -OCH3 is 3. The normalized spacial score (nSPS) is 13.8. The Morgan fingerprint density at radius 3 is 1.32 bits per heavy atom. The summed E-state index contributed by atoms with van der Waals surface area (Å²) in [6, 6.07) is 18.8. The van der Waals surface area contributed by atoms with Gasteiger partial charge in [-0.25, -0.2) is 0 Å². The summed E-state index contributed by atoms with van der Waals surface area (Å²) in [6.45, 7) is 1.19. The molecule has 4 atom stereocenters. The van der Waals surface area contributed by atoms with Gasteiger partial charge in [0.2, 0.25) is 5.91 Å². The van der Waals surface area contributed by atoms with Crippen molar-refractivity contribution in [2.75, 3.05) is 41.0 Å². The van der Waals surface area contributed by atoms with Gasteiger partial charge < -0.3 is 53.1 Å². The second-order valence-electron chi connectivity index (χ2n) is 17.7. The van der Waals surface area contributed by atoms with E-state index in [1.54, 1.807) is 48.7 Å². The van der Waals surface area contributed by atoms with E-state index in [-0.39, 0.29) is 89.3 Å². The van der Waals surface area contributed by atoms with Crippen LogP contribution in [0.4, 0.5) is 5.69 Å². The van der Waals surface area contributed by atoms with Gasteiger partial charge in [0.15, 0.2) is 17.3 Å². The number of nitrogens with one attached hydrogen (secondary N) is 3. The van der Waals surface area contributed by atoms with Gasteiger partial charge in [-0.15, -0.1) is 0 Å². The van der Waals surface area contributed by atoms with Crippen LogP contribution in [0.3, 0.4) is 0 Å². The molecule has 1 aliphatic heterocycles. The average molecular weight is 989 g/mol. The molecule has 18 heteroatoms. The van der Waals surface area contributed by atoms with E-state index < -0.39 is 41.8 Å². The predicted molar refractivity (Wildman–Crippen MR) is 274 cm³/mol. The molecular formula is C54H68N8O10. The monoisotopic (exact) mass is 989 g/mol. The van der Waals surface area contributed by atoms with Crippen molar-refractivity contribution in [3.8, 4) is 17.2 Å². The minimum Gasteiger partial charge on any atom is -0.496 e. The van der Waals surface area contributed by atoms with E-state index in [1.165, 1.54) is 33.5 Å². The molecule has 1 heterocycles. The summed E-state index contributed by atoms with van der Waals surface area (Å²) in [5.41, 5.74) is 26.1. The Bertz CT molecular complexity index is 2600. The van der Waals surface area contributed by atoms with Gasteiger partial charge in [0.1, 0.15) is 23.2 Å². The molecule has 5 rings (SSSR count). The smallest absolute Gasteiger partial charge is 0.255 e. The molecule has 1 aliphatic rings. The van der Waals surface area contributed by atoms with Crippen molar-refractivity contribution in [1.29, 1.82) is 0 Å². The number of benzene rings is 4. The third-order valence-electron chi connectivity index (χ3n) is 12.5. The van der Waals surface area contributed by atoms with Crippen molar-refractivity contribution >= 4 is 52.9 Å². The van der Waals surface area contributed by atoms with E-state index in [9.17, 15) is 33.6 Å². The van der Waals surface area contributed by atoms with Crippen molar-refractivity contribution in [1.82, 2.24) is 16.0 Å². The van der Waals surface area contributed by atoms with Crippen LogP contribution in [0.15, 0.2) is 83.9 Å². The number of carbonyl (C=O) groups excluding carboxylic acids is 7. The molecule has 1 unspecified atom stereocenters. The van der Waals surface area contributed by atoms with Crippen LogP contribution in [-0.2, 0) is 38.4 Å². The third-order valence-corrected chi connectivity index (χ3v) is 12.5. The van der Waals surface area contributed by atoms with Gasteiger partial charge in [0.05, 0.1) is 61.8 Å². The molecule has 4 amide bonds. The highest BCUT2D eigenvalue weighted by molar-refractivity contribution is 6.06. The van der Waals surface area contributed by atoms with E-state index in [1.807, 2.05) is 24.3 Å². The number of nitrogens with zero attached hydrogens (tertiary/aromatic N) is 1. The summed E-state index contributed by atoms with van der Waals surface area (Å²) in [6.07, 6.45) is 5.61. The van der Waals surface area contributed by atoms with Crippen LogP contribution >= 0.6 is 0 Å². The molecule has 0 bridgehead atoms. The molecule has 0 saturated carbocycles. The Labute approximate surface area is 420 Å². The summed E-state index contributed by atoms with van der Waals surface area (Å²) in [7, 11) is 4.21. The first-order chi connectivity index (χ1) is 34.7. The Kier molecular flexibility index (Phi) is 21.6. The number of aliphatic imine (C=N–C) groups is 1. The molecule has 72 heavy (non-hydrogen) atoms. The highest BCUT2D eigenvalue weighted by atomic mass is 16.5. The van der Waals surface area contributed by atoms with E-state index in [4.69, 9.17) is 37.1 Å². The second-order valence-corrected chi connectivity index (χ2v) is 17.7. The minimum atomic E-state index is -0.984. The maximum absolute atomic E-state index is 14.2. The molecule has 384 valence electrons. The molecule has 0 spiro atoms. The molecule has 0 fully saturated rings. The van der Waals surface area contributed by atoms with E-state index in [2.05, 4.69) is 20.9 Å². The van der Waals surface area contributed by atoms with Crippen LogP contribution < -0.4 is 53.1 Å². The number of Topliss-reactive ketones (excluding diaryl/α,β-unsaturated/α-hetero) is 3. The van der Waals surface area contributed by atoms with Gasteiger partial charge in [0.25, 0.3) is 17.7 Å². The Morgan fingerprint density at radius 2 is 0.917 bits per heavy atom.